The van der Waals surface area contributed by atoms with Gasteiger partial charge in [0.05, 0.1) is 16.8 Å². The number of carbonyl (C=O) groups excluding carboxylic acids is 1. The Bertz CT molecular complexity index is 808. The van der Waals surface area contributed by atoms with Crippen LogP contribution in [0.2, 0.25) is 5.02 Å². The molecule has 156 valence electrons. The molecule has 1 aliphatic heterocycles. The zero-order valence-electron chi connectivity index (χ0n) is 17.0. The second kappa shape index (κ2) is 10.1. The van der Waals surface area contributed by atoms with Crippen LogP contribution in [0.25, 0.3) is 0 Å². The van der Waals surface area contributed by atoms with E-state index in [9.17, 15) is 9.18 Å². The van der Waals surface area contributed by atoms with Gasteiger partial charge in [0.25, 0.3) is 0 Å². The fourth-order valence-corrected chi connectivity index (χ4v) is 4.17. The van der Waals surface area contributed by atoms with E-state index in [0.29, 0.717) is 11.4 Å². The first-order valence-electron chi connectivity index (χ1n) is 10.4. The van der Waals surface area contributed by atoms with Crippen LogP contribution in [0, 0.1) is 5.82 Å². The van der Waals surface area contributed by atoms with Gasteiger partial charge in [0.15, 0.2) is 0 Å². The molecule has 29 heavy (non-hydrogen) atoms. The molecule has 1 heterocycles. The third kappa shape index (κ3) is 5.28. The van der Waals surface area contributed by atoms with E-state index < -0.39 is 0 Å². The Labute approximate surface area is 177 Å². The summed E-state index contributed by atoms with van der Waals surface area (Å²) in [4.78, 5) is 13.0. The number of hydrazine groups is 1. The Hall–Kier alpha value is -2.11. The predicted molar refractivity (Wildman–Crippen MR) is 116 cm³/mol. The molecule has 1 amide bonds. The fourth-order valence-electron chi connectivity index (χ4n) is 3.95. The molecule has 0 aromatic heterocycles. The Morgan fingerprint density at radius 3 is 2.45 bits per heavy atom. The molecule has 2 unspecified atom stereocenters. The molecule has 2 atom stereocenters. The summed E-state index contributed by atoms with van der Waals surface area (Å²) in [7, 11) is 0. The molecular weight excluding hydrogens is 389 g/mol. The summed E-state index contributed by atoms with van der Waals surface area (Å²) >= 11 is 6.43. The van der Waals surface area contributed by atoms with Gasteiger partial charge in [-0.25, -0.2) is 9.82 Å². The number of benzene rings is 2. The standard InChI is InChI=1S/C23H29ClFN3O/c1-3-7-18(8-4-2)26-23(29)20-15-22(16-11-13-17(25)14-12-16)28(27-20)21-10-6-5-9-19(21)24/h5-6,9-14,18,20,22,27H,3-4,7-8,15H2,1-2H3,(H,26,29). The Kier molecular flexibility index (Phi) is 7.51. The van der Waals surface area contributed by atoms with Crippen molar-refractivity contribution in [1.82, 2.24) is 10.7 Å². The molecule has 3 rings (SSSR count). The van der Waals surface area contributed by atoms with Gasteiger partial charge in [-0.3, -0.25) is 9.80 Å². The summed E-state index contributed by atoms with van der Waals surface area (Å²) in [6.45, 7) is 4.26. The number of nitrogens with one attached hydrogen (secondary N) is 2. The van der Waals surface area contributed by atoms with E-state index in [0.717, 1.165) is 36.9 Å². The van der Waals surface area contributed by atoms with Crippen molar-refractivity contribution >= 4 is 23.2 Å². The van der Waals surface area contributed by atoms with Crippen LogP contribution in [0.5, 0.6) is 0 Å². The molecule has 0 bridgehead atoms. The molecule has 1 saturated heterocycles. The van der Waals surface area contributed by atoms with Gasteiger partial charge in [0.2, 0.25) is 5.91 Å². The van der Waals surface area contributed by atoms with E-state index in [1.165, 1.54) is 12.1 Å². The zero-order valence-corrected chi connectivity index (χ0v) is 17.8. The maximum Gasteiger partial charge on any atom is 0.239 e. The summed E-state index contributed by atoms with van der Waals surface area (Å²) in [6.07, 6.45) is 4.59. The van der Waals surface area contributed by atoms with E-state index >= 15 is 0 Å². The number of hydrogen-bond acceptors (Lipinski definition) is 3. The number of halogens is 2. The van der Waals surface area contributed by atoms with Gasteiger partial charge in [-0.1, -0.05) is 62.6 Å². The SMILES string of the molecule is CCCC(CCC)NC(=O)C1CC(c2ccc(F)cc2)N(c2ccccc2Cl)N1. The highest BCUT2D eigenvalue weighted by atomic mass is 35.5. The highest BCUT2D eigenvalue weighted by Crippen LogP contribution is 2.37. The van der Waals surface area contributed by atoms with Crippen LogP contribution < -0.4 is 15.8 Å². The van der Waals surface area contributed by atoms with E-state index in [2.05, 4.69) is 24.6 Å². The van der Waals surface area contributed by atoms with Crippen molar-refractivity contribution in [3.05, 3.63) is 64.9 Å². The van der Waals surface area contributed by atoms with Crippen molar-refractivity contribution < 1.29 is 9.18 Å². The quantitative estimate of drug-likeness (QED) is 0.605. The van der Waals surface area contributed by atoms with E-state index in [4.69, 9.17) is 11.6 Å². The van der Waals surface area contributed by atoms with Crippen molar-refractivity contribution in [2.75, 3.05) is 5.01 Å². The molecule has 2 aromatic rings. The van der Waals surface area contributed by atoms with Gasteiger partial charge in [-0.15, -0.1) is 0 Å². The molecule has 2 N–H and O–H groups in total. The number of anilines is 1. The second-order valence-corrected chi connectivity index (χ2v) is 8.00. The van der Waals surface area contributed by atoms with Crippen molar-refractivity contribution in [2.45, 2.75) is 64.1 Å². The lowest BCUT2D eigenvalue weighted by atomic mass is 10.00. The summed E-state index contributed by atoms with van der Waals surface area (Å²) in [5.74, 6) is -0.279. The summed E-state index contributed by atoms with van der Waals surface area (Å²) in [5, 5.41) is 5.75. The van der Waals surface area contributed by atoms with Crippen molar-refractivity contribution in [3.8, 4) is 0 Å². The van der Waals surface area contributed by atoms with E-state index in [-0.39, 0.29) is 29.8 Å². The molecule has 0 radical (unpaired) electrons. The normalized spacial score (nSPS) is 19.0. The second-order valence-electron chi connectivity index (χ2n) is 7.59. The average molecular weight is 418 g/mol. The lowest BCUT2D eigenvalue weighted by Gasteiger charge is -2.27. The van der Waals surface area contributed by atoms with Crippen LogP contribution in [0.3, 0.4) is 0 Å². The minimum absolute atomic E-state index is 0.00133. The molecule has 6 heteroatoms. The molecule has 1 fully saturated rings. The van der Waals surface area contributed by atoms with Crippen molar-refractivity contribution in [2.24, 2.45) is 0 Å². The van der Waals surface area contributed by atoms with Crippen LogP contribution in [-0.2, 0) is 4.79 Å². The fraction of sp³-hybridized carbons (Fsp3) is 0.435. The molecule has 0 aliphatic carbocycles. The number of amides is 1. The average Bonchev–Trinajstić information content (AvgIpc) is 3.14. The highest BCUT2D eigenvalue weighted by Gasteiger charge is 2.38. The Morgan fingerprint density at radius 1 is 1.17 bits per heavy atom. The largest absolute Gasteiger partial charge is 0.352 e. The first kappa shape index (κ1) is 21.6. The maximum absolute atomic E-state index is 13.4. The molecule has 2 aromatic carbocycles. The maximum atomic E-state index is 13.4. The monoisotopic (exact) mass is 417 g/mol. The summed E-state index contributed by atoms with van der Waals surface area (Å²) in [5.41, 5.74) is 5.08. The van der Waals surface area contributed by atoms with Crippen molar-refractivity contribution in [3.63, 3.8) is 0 Å². The Morgan fingerprint density at radius 2 is 1.83 bits per heavy atom. The van der Waals surface area contributed by atoms with Crippen LogP contribution in [0.1, 0.15) is 57.6 Å². The minimum atomic E-state index is -0.377. The number of nitrogens with zero attached hydrogens (tertiary/aromatic N) is 1. The van der Waals surface area contributed by atoms with Gasteiger partial charge in [0, 0.05) is 6.04 Å². The summed E-state index contributed by atoms with van der Waals surface area (Å²) in [6, 6.07) is 13.7. The van der Waals surface area contributed by atoms with Crippen molar-refractivity contribution in [1.29, 1.82) is 0 Å². The minimum Gasteiger partial charge on any atom is -0.352 e. The first-order valence-corrected chi connectivity index (χ1v) is 10.8. The lowest BCUT2D eigenvalue weighted by molar-refractivity contribution is -0.123. The molecular formula is C23H29ClFN3O. The van der Waals surface area contributed by atoms with Gasteiger partial charge >= 0.3 is 0 Å². The molecule has 0 saturated carbocycles. The topological polar surface area (TPSA) is 44.4 Å². The highest BCUT2D eigenvalue weighted by molar-refractivity contribution is 6.33. The zero-order chi connectivity index (χ0) is 20.8. The third-order valence-corrected chi connectivity index (χ3v) is 5.69. The lowest BCUT2D eigenvalue weighted by Crippen LogP contribution is -2.48. The van der Waals surface area contributed by atoms with Gasteiger partial charge in [-0.2, -0.15) is 0 Å². The van der Waals surface area contributed by atoms with Gasteiger partial charge in [-0.05, 0) is 49.1 Å². The van der Waals surface area contributed by atoms with Crippen LogP contribution in [-0.4, -0.2) is 18.0 Å². The van der Waals surface area contributed by atoms with Gasteiger partial charge < -0.3 is 5.32 Å². The number of rotatable bonds is 8. The van der Waals surface area contributed by atoms with E-state index in [1.807, 2.05) is 29.3 Å². The van der Waals surface area contributed by atoms with E-state index in [1.54, 1.807) is 12.1 Å². The smallest absolute Gasteiger partial charge is 0.239 e. The predicted octanol–water partition coefficient (Wildman–Crippen LogP) is 5.39. The molecule has 1 aliphatic rings. The van der Waals surface area contributed by atoms with Crippen LogP contribution in [0.4, 0.5) is 10.1 Å². The summed E-state index contributed by atoms with van der Waals surface area (Å²) < 4.78 is 13.4. The molecule has 4 nitrogen and oxygen atoms in total. The van der Waals surface area contributed by atoms with Crippen LogP contribution in [0.15, 0.2) is 48.5 Å². The number of hydrogen-bond donors (Lipinski definition) is 2. The number of carbonyl (C=O) groups is 1. The number of para-hydroxylation sites is 1. The van der Waals surface area contributed by atoms with Crippen LogP contribution >= 0.6 is 11.6 Å². The molecule has 0 spiro atoms. The first-order chi connectivity index (χ1) is 14.0. The third-order valence-electron chi connectivity index (χ3n) is 5.37. The Balaban J connectivity index is 1.83. The van der Waals surface area contributed by atoms with Gasteiger partial charge in [0.1, 0.15) is 11.9 Å².